The van der Waals surface area contributed by atoms with E-state index in [9.17, 15) is 4.79 Å². The van der Waals surface area contributed by atoms with Gasteiger partial charge in [0.2, 0.25) is 0 Å². The number of piperidine rings is 1. The zero-order valence-corrected chi connectivity index (χ0v) is 16.6. The summed E-state index contributed by atoms with van der Waals surface area (Å²) >= 11 is 0. The topological polar surface area (TPSA) is 83.3 Å². The second-order valence-corrected chi connectivity index (χ2v) is 7.98. The molecule has 3 atom stereocenters. The molecule has 2 bridgehead atoms. The van der Waals surface area contributed by atoms with Crippen LogP contribution in [0.1, 0.15) is 51.3 Å². The van der Waals surface area contributed by atoms with Crippen molar-refractivity contribution >= 4 is 11.7 Å². The van der Waals surface area contributed by atoms with Crippen molar-refractivity contribution in [3.05, 3.63) is 30.1 Å². The van der Waals surface area contributed by atoms with Gasteiger partial charge >= 0.3 is 6.03 Å². The van der Waals surface area contributed by atoms with Crippen LogP contribution in [0.3, 0.4) is 0 Å². The number of hydrogen-bond acceptors (Lipinski definition) is 5. The lowest BCUT2D eigenvalue weighted by molar-refractivity contribution is 0.151. The Hall–Kier alpha value is -2.41. The zero-order chi connectivity index (χ0) is 19.5. The molecule has 2 aliphatic rings. The third-order valence-electron chi connectivity index (χ3n) is 6.06. The van der Waals surface area contributed by atoms with Crippen LogP contribution in [0.4, 0.5) is 10.5 Å². The number of unbranched alkanes of at least 4 members (excludes halogenated alkanes) is 1. The molecule has 2 saturated heterocycles. The van der Waals surface area contributed by atoms with E-state index in [-0.39, 0.29) is 12.1 Å². The fourth-order valence-electron chi connectivity index (χ4n) is 4.45. The molecule has 3 heterocycles. The largest absolute Gasteiger partial charge is 0.335 e. The summed E-state index contributed by atoms with van der Waals surface area (Å²) in [5, 5.41) is 10.2. The third kappa shape index (κ3) is 4.04. The molecule has 1 aromatic heterocycles. The molecule has 28 heavy (non-hydrogen) atoms. The highest BCUT2D eigenvalue weighted by atomic mass is 16.5. The van der Waals surface area contributed by atoms with E-state index < -0.39 is 0 Å². The van der Waals surface area contributed by atoms with E-state index in [0.717, 1.165) is 37.7 Å². The molecule has 0 aliphatic carbocycles. The van der Waals surface area contributed by atoms with Crippen LogP contribution in [0.25, 0.3) is 11.5 Å². The number of nitrogens with one attached hydrogen (secondary N) is 2. The highest BCUT2D eigenvalue weighted by molar-refractivity contribution is 5.93. The molecule has 150 valence electrons. The number of amides is 2. The lowest BCUT2D eigenvalue weighted by atomic mass is 9.98. The van der Waals surface area contributed by atoms with Gasteiger partial charge in [-0.25, -0.2) is 4.79 Å². The number of carbonyl (C=O) groups is 1. The summed E-state index contributed by atoms with van der Waals surface area (Å²) in [7, 11) is 2.20. The van der Waals surface area contributed by atoms with Crippen LogP contribution >= 0.6 is 0 Å². The predicted octanol–water partition coefficient (Wildman–Crippen LogP) is 3.83. The van der Waals surface area contributed by atoms with Crippen LogP contribution < -0.4 is 10.6 Å². The quantitative estimate of drug-likeness (QED) is 0.792. The zero-order valence-electron chi connectivity index (χ0n) is 16.6. The van der Waals surface area contributed by atoms with Crippen molar-refractivity contribution in [2.45, 2.75) is 70.0 Å². The van der Waals surface area contributed by atoms with Crippen molar-refractivity contribution in [3.8, 4) is 11.5 Å². The molecule has 4 rings (SSSR count). The van der Waals surface area contributed by atoms with Crippen LogP contribution in [0.5, 0.6) is 0 Å². The first-order chi connectivity index (χ1) is 13.6. The second-order valence-electron chi connectivity index (χ2n) is 7.98. The number of aryl methyl sites for hydroxylation is 1. The van der Waals surface area contributed by atoms with E-state index in [4.69, 9.17) is 4.52 Å². The molecular weight excluding hydrogens is 354 g/mol. The number of nitrogens with zero attached hydrogens (tertiary/aromatic N) is 3. The van der Waals surface area contributed by atoms with Crippen LogP contribution in [0.2, 0.25) is 0 Å². The normalized spacial score (nSPS) is 24.3. The molecule has 2 fully saturated rings. The highest BCUT2D eigenvalue weighted by Crippen LogP contribution is 2.34. The molecule has 0 saturated carbocycles. The minimum Gasteiger partial charge on any atom is -0.335 e. The number of aromatic nitrogens is 2. The average molecular weight is 383 g/mol. The van der Waals surface area contributed by atoms with Gasteiger partial charge in [0.15, 0.2) is 5.82 Å². The van der Waals surface area contributed by atoms with Gasteiger partial charge in [-0.15, -0.1) is 0 Å². The molecule has 2 amide bonds. The molecule has 2 N–H and O–H groups in total. The van der Waals surface area contributed by atoms with E-state index in [0.29, 0.717) is 29.5 Å². The van der Waals surface area contributed by atoms with Gasteiger partial charge in [-0.2, -0.15) is 4.98 Å². The van der Waals surface area contributed by atoms with E-state index in [1.165, 1.54) is 12.8 Å². The van der Waals surface area contributed by atoms with Crippen molar-refractivity contribution in [3.63, 3.8) is 0 Å². The summed E-state index contributed by atoms with van der Waals surface area (Å²) in [6.45, 7) is 2.13. The number of hydrogen-bond donors (Lipinski definition) is 2. The number of para-hydroxylation sites is 1. The Morgan fingerprint density at radius 3 is 2.75 bits per heavy atom. The first kappa shape index (κ1) is 18.9. The summed E-state index contributed by atoms with van der Waals surface area (Å²) in [5.41, 5.74) is 1.43. The van der Waals surface area contributed by atoms with Gasteiger partial charge in [0.05, 0.1) is 11.3 Å². The lowest BCUT2D eigenvalue weighted by Crippen LogP contribution is -2.49. The SMILES string of the molecule is CCCCc1noc(-c2ccccc2NC(=O)NC2C[C@H]3CC[C@@H](C2)N3C)n1. The average Bonchev–Trinajstić information content (AvgIpc) is 3.22. The Labute approximate surface area is 165 Å². The molecule has 2 aromatic rings. The van der Waals surface area contributed by atoms with Gasteiger partial charge in [0, 0.05) is 24.5 Å². The summed E-state index contributed by atoms with van der Waals surface area (Å²) in [5.74, 6) is 1.15. The highest BCUT2D eigenvalue weighted by Gasteiger charge is 2.38. The van der Waals surface area contributed by atoms with Gasteiger partial charge < -0.3 is 20.1 Å². The Morgan fingerprint density at radius 1 is 1.25 bits per heavy atom. The minimum atomic E-state index is -0.174. The maximum absolute atomic E-state index is 12.6. The van der Waals surface area contributed by atoms with E-state index in [1.807, 2.05) is 24.3 Å². The van der Waals surface area contributed by atoms with Crippen LogP contribution in [0.15, 0.2) is 28.8 Å². The smallest absolute Gasteiger partial charge is 0.319 e. The number of carbonyl (C=O) groups excluding carboxylic acids is 1. The standard InChI is InChI=1S/C21H29N5O2/c1-3-4-9-19-24-20(28-25-19)17-7-5-6-8-18(17)23-21(27)22-14-12-15-10-11-16(13-14)26(15)2/h5-8,14-16H,3-4,9-13H2,1-2H3,(H2,22,23,27)/t14?,15-,16+. The van der Waals surface area contributed by atoms with Crippen LogP contribution in [0, 0.1) is 0 Å². The molecule has 0 spiro atoms. The maximum Gasteiger partial charge on any atom is 0.319 e. The van der Waals surface area contributed by atoms with Crippen molar-refractivity contribution in [1.82, 2.24) is 20.4 Å². The number of rotatable bonds is 6. The van der Waals surface area contributed by atoms with Gasteiger partial charge in [-0.1, -0.05) is 30.6 Å². The third-order valence-corrected chi connectivity index (χ3v) is 6.06. The molecule has 7 nitrogen and oxygen atoms in total. The van der Waals surface area contributed by atoms with Gasteiger partial charge in [0.25, 0.3) is 5.89 Å². The predicted molar refractivity (Wildman–Crippen MR) is 108 cm³/mol. The Balaban J connectivity index is 1.41. The Morgan fingerprint density at radius 2 is 2.00 bits per heavy atom. The summed E-state index contributed by atoms with van der Waals surface area (Å²) in [4.78, 5) is 19.6. The van der Waals surface area contributed by atoms with Gasteiger partial charge in [-0.3, -0.25) is 0 Å². The Bertz CT molecular complexity index is 807. The fourth-order valence-corrected chi connectivity index (χ4v) is 4.45. The lowest BCUT2D eigenvalue weighted by Gasteiger charge is -2.36. The van der Waals surface area contributed by atoms with Crippen molar-refractivity contribution in [2.24, 2.45) is 0 Å². The maximum atomic E-state index is 12.6. The van der Waals surface area contributed by atoms with Crippen LogP contribution in [-0.4, -0.2) is 46.2 Å². The van der Waals surface area contributed by atoms with E-state index in [2.05, 4.69) is 39.6 Å². The summed E-state index contributed by atoms with van der Waals surface area (Å²) < 4.78 is 5.43. The first-order valence-electron chi connectivity index (χ1n) is 10.4. The second kappa shape index (κ2) is 8.31. The number of urea groups is 1. The van der Waals surface area contributed by atoms with Crippen molar-refractivity contribution < 1.29 is 9.32 Å². The molecule has 2 aliphatic heterocycles. The van der Waals surface area contributed by atoms with Crippen molar-refractivity contribution in [2.75, 3.05) is 12.4 Å². The number of anilines is 1. The fraction of sp³-hybridized carbons (Fsp3) is 0.571. The Kier molecular flexibility index (Phi) is 5.62. The van der Waals surface area contributed by atoms with E-state index in [1.54, 1.807) is 0 Å². The molecule has 1 aromatic carbocycles. The van der Waals surface area contributed by atoms with Gasteiger partial charge in [0.1, 0.15) is 0 Å². The molecular formula is C21H29N5O2. The minimum absolute atomic E-state index is 0.174. The number of fused-ring (bicyclic) bond motifs is 2. The molecule has 0 radical (unpaired) electrons. The molecule has 7 heteroatoms. The monoisotopic (exact) mass is 383 g/mol. The van der Waals surface area contributed by atoms with Crippen molar-refractivity contribution in [1.29, 1.82) is 0 Å². The number of benzene rings is 1. The van der Waals surface area contributed by atoms with E-state index >= 15 is 0 Å². The van der Waals surface area contributed by atoms with Gasteiger partial charge in [-0.05, 0) is 51.3 Å². The molecule has 1 unspecified atom stereocenters. The summed E-state index contributed by atoms with van der Waals surface area (Å²) in [6.07, 6.45) is 7.43. The summed E-state index contributed by atoms with van der Waals surface area (Å²) in [6, 6.07) is 8.79. The van der Waals surface area contributed by atoms with Crippen LogP contribution in [-0.2, 0) is 6.42 Å². The first-order valence-corrected chi connectivity index (χ1v) is 10.4.